The highest BCUT2D eigenvalue weighted by Crippen LogP contribution is 2.38. The summed E-state index contributed by atoms with van der Waals surface area (Å²) < 4.78 is 18.0. The molecule has 0 aliphatic carbocycles. The molecule has 3 aromatic carbocycles. The van der Waals surface area contributed by atoms with Crippen LogP contribution in [0.25, 0.3) is 11.1 Å². The van der Waals surface area contributed by atoms with E-state index in [1.807, 2.05) is 28.8 Å². The number of imide groups is 1. The number of rotatable bonds is 10. The fraction of sp³-hybridized carbons (Fsp3) is 0.378. The van der Waals surface area contributed by atoms with E-state index < -0.39 is 23.7 Å². The first-order valence-corrected chi connectivity index (χ1v) is 22.0. The number of piperidine rings is 1. The lowest BCUT2D eigenvalue weighted by Crippen LogP contribution is -2.53. The van der Waals surface area contributed by atoms with Crippen molar-refractivity contribution in [3.63, 3.8) is 0 Å². The molecule has 7 heterocycles. The smallest absolute Gasteiger partial charge is 0.328 e. The van der Waals surface area contributed by atoms with Crippen LogP contribution in [0.3, 0.4) is 0 Å². The minimum atomic E-state index is -1.03. The van der Waals surface area contributed by atoms with Gasteiger partial charge in [-0.05, 0) is 78.8 Å². The van der Waals surface area contributed by atoms with Crippen LogP contribution in [0, 0.1) is 5.82 Å². The first-order valence-electron chi connectivity index (χ1n) is 21.2. The van der Waals surface area contributed by atoms with Crippen molar-refractivity contribution in [2.75, 3.05) is 60.9 Å². The summed E-state index contributed by atoms with van der Waals surface area (Å²) in [4.78, 5) is 71.4. The van der Waals surface area contributed by atoms with Gasteiger partial charge in [-0.3, -0.25) is 39.7 Å². The first-order chi connectivity index (χ1) is 29.8. The molecule has 3 saturated heterocycles. The maximum Gasteiger partial charge on any atom is 0.328 e. The number of anilines is 3. The summed E-state index contributed by atoms with van der Waals surface area (Å²) in [5, 5.41) is 7.46. The topological polar surface area (TPSA) is 139 Å². The molecule has 2 aromatic heterocycles. The number of urea groups is 1. The maximum absolute atomic E-state index is 16.0. The van der Waals surface area contributed by atoms with Crippen LogP contribution < -0.4 is 20.4 Å². The monoisotopic (exact) mass is 842 g/mol. The zero-order valence-corrected chi connectivity index (χ0v) is 34.6. The number of carbonyl (C=O) groups excluding carboxylic acids is 4. The Morgan fingerprint density at radius 1 is 0.885 bits per heavy atom. The average Bonchev–Trinajstić information content (AvgIpc) is 4.10. The summed E-state index contributed by atoms with van der Waals surface area (Å²) in [6.07, 6.45) is 7.47. The van der Waals surface area contributed by atoms with E-state index in [-0.39, 0.29) is 29.6 Å². The number of hydrogen-bond acceptors (Lipinski definition) is 10. The number of piperazine rings is 1. The third-order valence-corrected chi connectivity index (χ3v) is 13.6. The lowest BCUT2D eigenvalue weighted by molar-refractivity contribution is -0.121. The Kier molecular flexibility index (Phi) is 10.6. The molecule has 5 aliphatic heterocycles. The van der Waals surface area contributed by atoms with Crippen molar-refractivity contribution in [1.29, 1.82) is 0 Å². The van der Waals surface area contributed by atoms with Crippen LogP contribution in [-0.2, 0) is 35.6 Å². The van der Waals surface area contributed by atoms with Gasteiger partial charge in [0.1, 0.15) is 5.82 Å². The highest BCUT2D eigenvalue weighted by molar-refractivity contribution is 7.13. The van der Waals surface area contributed by atoms with E-state index in [0.717, 1.165) is 106 Å². The molecule has 5 aromatic rings. The number of carbonyl (C=O) groups is 4. The molecular formula is C45H47FN10O4S. The van der Waals surface area contributed by atoms with Crippen LogP contribution in [0.4, 0.5) is 25.7 Å². The third kappa shape index (κ3) is 7.79. The second-order valence-electron chi connectivity index (χ2n) is 16.5. The molecule has 16 heteroatoms. The van der Waals surface area contributed by atoms with Gasteiger partial charge in [-0.2, -0.15) is 0 Å². The van der Waals surface area contributed by atoms with Gasteiger partial charge < -0.3 is 14.4 Å². The molecule has 3 fully saturated rings. The van der Waals surface area contributed by atoms with Gasteiger partial charge in [-0.25, -0.2) is 19.2 Å². The molecule has 0 spiro atoms. The number of fused-ring (bicyclic) bond motifs is 2. The summed E-state index contributed by atoms with van der Waals surface area (Å²) in [5.74, 6) is -1.52. The summed E-state index contributed by atoms with van der Waals surface area (Å²) in [6, 6.07) is 18.6. The van der Waals surface area contributed by atoms with Gasteiger partial charge in [0.2, 0.25) is 5.91 Å². The Morgan fingerprint density at radius 3 is 2.48 bits per heavy atom. The number of amides is 5. The molecule has 0 radical (unpaired) electrons. The van der Waals surface area contributed by atoms with E-state index in [4.69, 9.17) is 0 Å². The quantitative estimate of drug-likeness (QED) is 0.183. The molecule has 61 heavy (non-hydrogen) atoms. The zero-order valence-electron chi connectivity index (χ0n) is 33.8. The van der Waals surface area contributed by atoms with E-state index in [2.05, 4.69) is 59.6 Å². The lowest BCUT2D eigenvalue weighted by atomic mass is 9.98. The second-order valence-corrected chi connectivity index (χ2v) is 17.4. The van der Waals surface area contributed by atoms with E-state index in [9.17, 15) is 19.2 Å². The normalized spacial score (nSPS) is 19.3. The van der Waals surface area contributed by atoms with Crippen LogP contribution in [0.15, 0.2) is 78.6 Å². The Morgan fingerprint density at radius 2 is 1.70 bits per heavy atom. The number of hydrogen-bond donors (Lipinski definition) is 2. The van der Waals surface area contributed by atoms with E-state index in [0.29, 0.717) is 35.4 Å². The van der Waals surface area contributed by atoms with E-state index in [1.165, 1.54) is 22.3 Å². The van der Waals surface area contributed by atoms with Crippen molar-refractivity contribution in [2.24, 2.45) is 0 Å². The van der Waals surface area contributed by atoms with Crippen molar-refractivity contribution >= 4 is 51.6 Å². The van der Waals surface area contributed by atoms with Crippen molar-refractivity contribution in [2.45, 2.75) is 63.8 Å². The van der Waals surface area contributed by atoms with Gasteiger partial charge in [0.25, 0.3) is 11.8 Å². The number of halogens is 1. The van der Waals surface area contributed by atoms with Gasteiger partial charge in [0, 0.05) is 111 Å². The molecule has 14 nitrogen and oxygen atoms in total. The van der Waals surface area contributed by atoms with Crippen LogP contribution in [0.2, 0.25) is 0 Å². The molecule has 10 rings (SSSR count). The third-order valence-electron chi connectivity index (χ3n) is 12.9. The zero-order chi connectivity index (χ0) is 41.6. The molecule has 1 unspecified atom stereocenters. The highest BCUT2D eigenvalue weighted by atomic mass is 32.1. The molecule has 5 amide bonds. The van der Waals surface area contributed by atoms with Crippen LogP contribution in [-0.4, -0.2) is 105 Å². The molecule has 314 valence electrons. The molecule has 2 N–H and O–H groups in total. The second kappa shape index (κ2) is 16.5. The van der Waals surface area contributed by atoms with Crippen molar-refractivity contribution in [3.05, 3.63) is 112 Å². The number of thiazole rings is 1. The standard InChI is InChI=1S/C45H47FN10O4S/c46-37-25-31(24-35-36(37)27-56(43(35)59)41(42(58)50-44-47-13-22-61-44)40-38-5-2-14-54(38)28-48-40)30-6-8-32(9-7-30)52-15-10-33(11-16-52)53-20-18-51(19-21-53)26-29-3-1-4-34(23-29)55-17-12-39(57)49-45(55)60/h1,3-4,6-9,13,22-25,28,33,41H,2,5,10-12,14-21,26-27H2,(H,47,50,58)(H,49,57,60). The predicted octanol–water partition coefficient (Wildman–Crippen LogP) is 5.66. The first kappa shape index (κ1) is 39.2. The lowest BCUT2D eigenvalue weighted by Gasteiger charge is -2.43. The number of aromatic nitrogens is 3. The average molecular weight is 843 g/mol. The summed E-state index contributed by atoms with van der Waals surface area (Å²) >= 11 is 1.29. The summed E-state index contributed by atoms with van der Waals surface area (Å²) in [7, 11) is 0. The number of imidazole rings is 1. The van der Waals surface area contributed by atoms with Gasteiger partial charge in [-0.1, -0.05) is 24.3 Å². The minimum absolute atomic E-state index is 0.0334. The Balaban J connectivity index is 0.752. The highest BCUT2D eigenvalue weighted by Gasteiger charge is 2.42. The van der Waals surface area contributed by atoms with Crippen LogP contribution in [0.1, 0.15) is 64.6 Å². The van der Waals surface area contributed by atoms with E-state index in [1.54, 1.807) is 28.9 Å². The van der Waals surface area contributed by atoms with Crippen molar-refractivity contribution in [1.82, 2.24) is 34.6 Å². The largest absolute Gasteiger partial charge is 0.371 e. The number of nitrogens with one attached hydrogen (secondary N) is 2. The summed E-state index contributed by atoms with van der Waals surface area (Å²) in [6.45, 7) is 7.86. The number of nitrogens with zero attached hydrogens (tertiary/aromatic N) is 8. The van der Waals surface area contributed by atoms with Gasteiger partial charge in [-0.15, -0.1) is 11.3 Å². The molecule has 0 saturated carbocycles. The molecular weight excluding hydrogens is 796 g/mol. The van der Waals surface area contributed by atoms with Crippen LogP contribution in [0.5, 0.6) is 0 Å². The van der Waals surface area contributed by atoms with Gasteiger partial charge in [0.15, 0.2) is 11.2 Å². The van der Waals surface area contributed by atoms with Gasteiger partial charge >= 0.3 is 6.03 Å². The van der Waals surface area contributed by atoms with Crippen LogP contribution >= 0.6 is 11.3 Å². The van der Waals surface area contributed by atoms with Crippen molar-refractivity contribution < 1.29 is 23.6 Å². The number of benzene rings is 3. The molecule has 1 atom stereocenters. The molecule has 0 bridgehead atoms. The fourth-order valence-electron chi connectivity index (χ4n) is 9.70. The molecule has 5 aliphatic rings. The maximum atomic E-state index is 16.0. The Bertz CT molecular complexity index is 2480. The number of aryl methyl sites for hydroxylation is 1. The van der Waals surface area contributed by atoms with Gasteiger partial charge in [0.05, 0.1) is 18.6 Å². The Hall–Kier alpha value is -5.97. The van der Waals surface area contributed by atoms with E-state index >= 15 is 4.39 Å². The minimum Gasteiger partial charge on any atom is -0.371 e. The SMILES string of the molecule is O=C1CCN(c2cccc(CN3CCN(C4CCN(c5ccc(-c6cc(F)c7c(c6)C(=O)N(C(C(=O)Nc6nccs6)c6ncn8c6CCC8)C7)cc5)CC4)CC3)c2)C(=O)N1. The van der Waals surface area contributed by atoms with Crippen molar-refractivity contribution in [3.8, 4) is 11.1 Å². The Labute approximate surface area is 357 Å². The predicted molar refractivity (Wildman–Crippen MR) is 230 cm³/mol. The fourth-order valence-corrected chi connectivity index (χ4v) is 10.2. The summed E-state index contributed by atoms with van der Waals surface area (Å²) in [5.41, 5.74) is 6.52.